The van der Waals surface area contributed by atoms with E-state index >= 15 is 0 Å². The van der Waals surface area contributed by atoms with Gasteiger partial charge in [0.15, 0.2) is 5.79 Å². The largest absolute Gasteiger partial charge is 0.481 e. The molecule has 1 aliphatic heterocycles. The molecule has 1 heterocycles. The number of carbonyl (C=O) groups is 2. The molecule has 7 nitrogen and oxygen atoms in total. The number of alkyl carbamates (subject to hydrolysis) is 1. The Kier molecular flexibility index (Phi) is 4.47. The first kappa shape index (κ1) is 16.7. The van der Waals surface area contributed by atoms with E-state index in [1.54, 1.807) is 13.8 Å². The lowest BCUT2D eigenvalue weighted by Gasteiger charge is -2.23. The normalized spacial score (nSPS) is 30.6. The second kappa shape index (κ2) is 6.41. The molecule has 1 aromatic carbocycles. The molecule has 7 heteroatoms. The van der Waals surface area contributed by atoms with Gasteiger partial charge in [0.25, 0.3) is 0 Å². The van der Waals surface area contributed by atoms with Crippen molar-refractivity contribution in [3.8, 4) is 0 Å². The Hall–Kier alpha value is -2.12. The maximum atomic E-state index is 12.0. The van der Waals surface area contributed by atoms with Gasteiger partial charge in [-0.05, 0) is 25.8 Å². The summed E-state index contributed by atoms with van der Waals surface area (Å²) in [6, 6.07) is 8.86. The Morgan fingerprint density at radius 3 is 2.58 bits per heavy atom. The van der Waals surface area contributed by atoms with E-state index in [0.29, 0.717) is 0 Å². The first-order valence-electron chi connectivity index (χ1n) is 7.91. The fraction of sp³-hybridized carbons (Fsp3) is 0.529. The van der Waals surface area contributed by atoms with Crippen molar-refractivity contribution < 1.29 is 28.9 Å². The number of carbonyl (C=O) groups excluding carboxylic acids is 1. The molecule has 0 bridgehead atoms. The van der Waals surface area contributed by atoms with Crippen molar-refractivity contribution in [1.29, 1.82) is 0 Å². The first-order valence-corrected chi connectivity index (χ1v) is 7.91. The van der Waals surface area contributed by atoms with E-state index in [4.69, 9.17) is 14.2 Å². The minimum Gasteiger partial charge on any atom is -0.481 e. The van der Waals surface area contributed by atoms with Gasteiger partial charge in [0.1, 0.15) is 18.8 Å². The second-order valence-electron chi connectivity index (χ2n) is 6.56. The zero-order valence-electron chi connectivity index (χ0n) is 13.6. The van der Waals surface area contributed by atoms with E-state index < -0.39 is 42.0 Å². The smallest absolute Gasteiger partial charge is 0.407 e. The quantitative estimate of drug-likeness (QED) is 0.873. The van der Waals surface area contributed by atoms with Crippen molar-refractivity contribution in [3.63, 3.8) is 0 Å². The maximum Gasteiger partial charge on any atom is 0.407 e. The molecular weight excluding hydrogens is 314 g/mol. The van der Waals surface area contributed by atoms with Gasteiger partial charge in [0.2, 0.25) is 0 Å². The van der Waals surface area contributed by atoms with E-state index in [0.717, 1.165) is 5.56 Å². The van der Waals surface area contributed by atoms with Crippen LogP contribution in [0.25, 0.3) is 0 Å². The molecule has 1 aromatic rings. The van der Waals surface area contributed by atoms with Gasteiger partial charge in [-0.3, -0.25) is 4.79 Å². The molecule has 0 spiro atoms. The molecule has 2 N–H and O–H groups in total. The minimum atomic E-state index is -0.951. The average molecular weight is 335 g/mol. The predicted molar refractivity (Wildman–Crippen MR) is 83.1 cm³/mol. The van der Waals surface area contributed by atoms with Gasteiger partial charge in [0, 0.05) is 0 Å². The highest BCUT2D eigenvalue weighted by atomic mass is 16.8. The van der Waals surface area contributed by atoms with Gasteiger partial charge in [-0.25, -0.2) is 4.79 Å². The molecule has 1 amide bonds. The summed E-state index contributed by atoms with van der Waals surface area (Å²) >= 11 is 0. The summed E-state index contributed by atoms with van der Waals surface area (Å²) in [5.41, 5.74) is 0.877. The van der Waals surface area contributed by atoms with Crippen molar-refractivity contribution in [2.75, 3.05) is 0 Å². The topological polar surface area (TPSA) is 94.1 Å². The number of aliphatic carboxylic acids is 1. The molecule has 0 unspecified atom stereocenters. The van der Waals surface area contributed by atoms with Crippen molar-refractivity contribution in [1.82, 2.24) is 5.32 Å². The Labute approximate surface area is 139 Å². The van der Waals surface area contributed by atoms with Crippen LogP contribution >= 0.6 is 0 Å². The third-order valence-electron chi connectivity index (χ3n) is 4.30. The predicted octanol–water partition coefficient (Wildman–Crippen LogP) is 1.91. The van der Waals surface area contributed by atoms with Crippen LogP contribution in [0.4, 0.5) is 4.79 Å². The third-order valence-corrected chi connectivity index (χ3v) is 4.30. The Balaban J connectivity index is 1.60. The van der Waals surface area contributed by atoms with E-state index in [1.165, 1.54) is 0 Å². The Morgan fingerprint density at radius 2 is 1.92 bits per heavy atom. The van der Waals surface area contributed by atoms with Crippen molar-refractivity contribution in [2.45, 2.75) is 50.9 Å². The van der Waals surface area contributed by atoms with Crippen molar-refractivity contribution >= 4 is 12.1 Å². The van der Waals surface area contributed by atoms with Crippen LogP contribution in [0.2, 0.25) is 0 Å². The highest BCUT2D eigenvalue weighted by molar-refractivity contribution is 5.73. The van der Waals surface area contributed by atoms with Gasteiger partial charge < -0.3 is 24.6 Å². The molecular formula is C17H21NO6. The number of hydrogen-bond acceptors (Lipinski definition) is 5. The number of nitrogens with one attached hydrogen (secondary N) is 1. The number of carboxylic acid groups (broad SMARTS) is 1. The van der Waals surface area contributed by atoms with Crippen LogP contribution in [-0.4, -0.2) is 41.2 Å². The first-order chi connectivity index (χ1) is 11.4. The monoisotopic (exact) mass is 335 g/mol. The molecule has 24 heavy (non-hydrogen) atoms. The van der Waals surface area contributed by atoms with Gasteiger partial charge in [-0.15, -0.1) is 0 Å². The maximum absolute atomic E-state index is 12.0. The van der Waals surface area contributed by atoms with Gasteiger partial charge in [0.05, 0.1) is 12.0 Å². The van der Waals surface area contributed by atoms with Crippen LogP contribution in [0, 0.1) is 5.92 Å². The van der Waals surface area contributed by atoms with Crippen LogP contribution in [0.1, 0.15) is 25.8 Å². The summed E-state index contributed by atoms with van der Waals surface area (Å²) in [7, 11) is 0. The number of carboxylic acids is 1. The summed E-state index contributed by atoms with van der Waals surface area (Å²) < 4.78 is 16.7. The molecule has 0 aromatic heterocycles. The standard InChI is InChI=1S/C17H21NO6/c1-17(2)23-13-11(15(19)20)8-12(14(13)24-17)18-16(21)22-9-10-6-4-3-5-7-10/h3-7,11-14H,8-9H2,1-2H3,(H,18,21)(H,19,20)/t11-,12+,13+,14-/m1/s1. The number of benzene rings is 1. The lowest BCUT2D eigenvalue weighted by molar-refractivity contribution is -0.166. The van der Waals surface area contributed by atoms with Crippen LogP contribution < -0.4 is 5.32 Å². The molecule has 2 fully saturated rings. The zero-order valence-corrected chi connectivity index (χ0v) is 13.6. The summed E-state index contributed by atoms with van der Waals surface area (Å²) in [5, 5.41) is 12.1. The zero-order chi connectivity index (χ0) is 17.3. The molecule has 0 radical (unpaired) electrons. The van der Waals surface area contributed by atoms with Gasteiger partial charge in [-0.1, -0.05) is 30.3 Å². The average Bonchev–Trinajstić information content (AvgIpc) is 3.00. The van der Waals surface area contributed by atoms with E-state index in [1.807, 2.05) is 30.3 Å². The summed E-state index contributed by atoms with van der Waals surface area (Å²) in [5.74, 6) is -2.53. The summed E-state index contributed by atoms with van der Waals surface area (Å²) in [6.45, 7) is 3.61. The third kappa shape index (κ3) is 3.52. The molecule has 1 saturated carbocycles. The van der Waals surface area contributed by atoms with E-state index in [2.05, 4.69) is 5.32 Å². The number of rotatable bonds is 4. The lowest BCUT2D eigenvalue weighted by atomic mass is 10.1. The van der Waals surface area contributed by atoms with Crippen LogP contribution in [0.3, 0.4) is 0 Å². The SMILES string of the molecule is CC1(C)O[C@@H]2[C@H](O1)[C@@H](NC(=O)OCc1ccccc1)C[C@H]2C(=O)O. The fourth-order valence-corrected chi connectivity index (χ4v) is 3.28. The molecule has 1 aliphatic carbocycles. The van der Waals surface area contributed by atoms with Crippen molar-refractivity contribution in [3.05, 3.63) is 35.9 Å². The molecule has 3 rings (SSSR count). The molecule has 4 atom stereocenters. The van der Waals surface area contributed by atoms with E-state index in [-0.39, 0.29) is 13.0 Å². The summed E-state index contributed by atoms with van der Waals surface area (Å²) in [4.78, 5) is 23.4. The highest BCUT2D eigenvalue weighted by Gasteiger charge is 2.56. The second-order valence-corrected chi connectivity index (χ2v) is 6.56. The lowest BCUT2D eigenvalue weighted by Crippen LogP contribution is -2.43. The Bertz CT molecular complexity index is 617. The minimum absolute atomic E-state index is 0.151. The number of fused-ring (bicyclic) bond motifs is 1. The summed E-state index contributed by atoms with van der Waals surface area (Å²) in [6.07, 6.45) is -1.41. The van der Waals surface area contributed by atoms with E-state index in [9.17, 15) is 14.7 Å². The molecule has 1 saturated heterocycles. The number of hydrogen-bond donors (Lipinski definition) is 2. The van der Waals surface area contributed by atoms with Crippen LogP contribution in [0.15, 0.2) is 30.3 Å². The van der Waals surface area contributed by atoms with Crippen LogP contribution in [0.5, 0.6) is 0 Å². The fourth-order valence-electron chi connectivity index (χ4n) is 3.28. The highest BCUT2D eigenvalue weighted by Crippen LogP contribution is 2.41. The van der Waals surface area contributed by atoms with Gasteiger partial charge in [-0.2, -0.15) is 0 Å². The van der Waals surface area contributed by atoms with Gasteiger partial charge >= 0.3 is 12.1 Å². The number of amides is 1. The molecule has 2 aliphatic rings. The molecule has 130 valence electrons. The Morgan fingerprint density at radius 1 is 1.25 bits per heavy atom. The van der Waals surface area contributed by atoms with Crippen molar-refractivity contribution in [2.24, 2.45) is 5.92 Å². The van der Waals surface area contributed by atoms with Crippen LogP contribution in [-0.2, 0) is 25.6 Å². The number of ether oxygens (including phenoxy) is 3.